The van der Waals surface area contributed by atoms with E-state index in [4.69, 9.17) is 34.6 Å². The van der Waals surface area contributed by atoms with Gasteiger partial charge < -0.3 is 24.1 Å². The number of hydrogen-bond donors (Lipinski definition) is 3. The van der Waals surface area contributed by atoms with Gasteiger partial charge in [0.2, 0.25) is 5.90 Å². The van der Waals surface area contributed by atoms with E-state index in [1.165, 1.54) is 0 Å². The average Bonchev–Trinajstić information content (AvgIpc) is 3.45. The number of azide groups is 1. The summed E-state index contributed by atoms with van der Waals surface area (Å²) in [4.78, 5) is 22.3. The Balaban J connectivity index is 1.79. The predicted octanol–water partition coefficient (Wildman–Crippen LogP) is 4.42. The van der Waals surface area contributed by atoms with E-state index in [-0.39, 0.29) is 25.5 Å². The highest BCUT2D eigenvalue weighted by Crippen LogP contribution is 2.43. The second-order valence-electron chi connectivity index (χ2n) is 10.1. The van der Waals surface area contributed by atoms with Gasteiger partial charge in [-0.15, -0.1) is 0 Å². The zero-order valence-electron chi connectivity index (χ0n) is 24.9. The molecule has 2 atom stereocenters. The largest absolute Gasteiger partial charge is 0.497 e. The van der Waals surface area contributed by atoms with E-state index >= 15 is 0 Å². The van der Waals surface area contributed by atoms with Crippen LogP contribution in [0.25, 0.3) is 10.4 Å². The lowest BCUT2D eigenvalue weighted by atomic mass is 9.81. The molecule has 1 aliphatic heterocycles. The number of nitrogens with zero attached hydrogens (tertiary/aromatic N) is 4. The fraction of sp³-hybridized carbons (Fsp3) is 0.375. The first-order valence-corrected chi connectivity index (χ1v) is 14.4. The van der Waals surface area contributed by atoms with Gasteiger partial charge >= 0.3 is 0 Å². The van der Waals surface area contributed by atoms with Crippen molar-refractivity contribution in [2.75, 3.05) is 40.6 Å². The van der Waals surface area contributed by atoms with E-state index in [0.29, 0.717) is 61.1 Å². The molecule has 0 unspecified atom stereocenters. The van der Waals surface area contributed by atoms with Crippen LogP contribution in [0.2, 0.25) is 0 Å². The summed E-state index contributed by atoms with van der Waals surface area (Å²) in [6.07, 6.45) is 0.540. The molecule has 4 rings (SSSR count). The monoisotopic (exact) mass is 602 g/mol. The molecule has 1 amide bonds. The second-order valence-corrected chi connectivity index (χ2v) is 10.1. The fourth-order valence-electron chi connectivity index (χ4n) is 4.93. The van der Waals surface area contributed by atoms with E-state index in [0.717, 1.165) is 11.1 Å². The van der Waals surface area contributed by atoms with Crippen molar-refractivity contribution in [3.05, 3.63) is 105 Å². The molecule has 0 saturated carbocycles. The molecule has 0 spiro atoms. The lowest BCUT2D eigenvalue weighted by molar-refractivity contribution is -0.130. The van der Waals surface area contributed by atoms with Gasteiger partial charge in [-0.25, -0.2) is 10.4 Å². The van der Waals surface area contributed by atoms with Crippen molar-refractivity contribution in [3.8, 4) is 11.5 Å². The molecule has 0 aliphatic carbocycles. The number of hydrogen-bond acceptors (Lipinski definition) is 9. The summed E-state index contributed by atoms with van der Waals surface area (Å²) < 4.78 is 22.9. The van der Waals surface area contributed by atoms with Crippen molar-refractivity contribution in [2.24, 2.45) is 10.1 Å². The molecule has 12 heteroatoms. The highest BCUT2D eigenvalue weighted by Gasteiger charge is 2.53. The first kappa shape index (κ1) is 32.3. The first-order valence-electron chi connectivity index (χ1n) is 14.4. The second kappa shape index (κ2) is 16.3. The highest BCUT2D eigenvalue weighted by atomic mass is 16.5. The van der Waals surface area contributed by atoms with Crippen LogP contribution in [0.4, 0.5) is 0 Å². The fourth-order valence-corrected chi connectivity index (χ4v) is 4.93. The Morgan fingerprint density at radius 2 is 1.84 bits per heavy atom. The normalized spacial score (nSPS) is 17.2. The smallest absolute Gasteiger partial charge is 0.266 e. The summed E-state index contributed by atoms with van der Waals surface area (Å²) in [5.74, 6) is 1.16. The maximum atomic E-state index is 14.3. The Labute approximate surface area is 256 Å². The zero-order valence-corrected chi connectivity index (χ0v) is 24.9. The summed E-state index contributed by atoms with van der Waals surface area (Å²) in [6, 6.07) is 22.1. The number of rotatable bonds is 17. The predicted molar refractivity (Wildman–Crippen MR) is 165 cm³/mol. The first-order chi connectivity index (χ1) is 21.5. The van der Waals surface area contributed by atoms with Gasteiger partial charge in [0, 0.05) is 50.2 Å². The number of ether oxygens (including phenoxy) is 4. The molecule has 44 heavy (non-hydrogen) atoms. The van der Waals surface area contributed by atoms with Crippen LogP contribution in [0, 0.1) is 0 Å². The number of benzene rings is 3. The Morgan fingerprint density at radius 1 is 1.05 bits per heavy atom. The SMILES string of the molecule is COCCCNNC(=O)[C@@]1(Cc2ccccc2CN=[N+]=[N-])N=C(c2ccc(OCCCO)cc2)O[C@H]1c1cccc(OC)c1. The number of nitrogens with one attached hydrogen (secondary N) is 2. The standard InChI is InChI=1S/C32H38N6O6/c1-41-18-6-16-34-37-31(40)32(21-25-8-3-4-9-26(25)22-35-38-33)29(24-10-5-11-28(20-24)42-2)44-30(36-32)23-12-14-27(15-13-23)43-19-7-17-39/h3-5,8-15,20,29,34,39H,6-7,16-19,21-22H2,1-2H3,(H,37,40)/t29-,32-/m0/s1. The maximum Gasteiger partial charge on any atom is 0.266 e. The van der Waals surface area contributed by atoms with E-state index in [9.17, 15) is 4.79 Å². The van der Waals surface area contributed by atoms with Gasteiger partial charge in [-0.2, -0.15) is 0 Å². The van der Waals surface area contributed by atoms with Crippen molar-refractivity contribution in [1.29, 1.82) is 0 Å². The van der Waals surface area contributed by atoms with Gasteiger partial charge in [-0.1, -0.05) is 41.5 Å². The van der Waals surface area contributed by atoms with Crippen molar-refractivity contribution in [1.82, 2.24) is 10.9 Å². The molecule has 232 valence electrons. The quantitative estimate of drug-likeness (QED) is 0.0678. The van der Waals surface area contributed by atoms with Crippen LogP contribution in [0.15, 0.2) is 82.9 Å². The number of aliphatic hydroxyl groups excluding tert-OH is 1. The minimum absolute atomic E-state index is 0.0474. The van der Waals surface area contributed by atoms with Crippen LogP contribution in [0.5, 0.6) is 11.5 Å². The Hall–Kier alpha value is -4.61. The van der Waals surface area contributed by atoms with Crippen LogP contribution < -0.4 is 20.3 Å². The molecule has 0 fully saturated rings. The lowest BCUT2D eigenvalue weighted by Gasteiger charge is -2.31. The highest BCUT2D eigenvalue weighted by molar-refractivity contribution is 6.01. The van der Waals surface area contributed by atoms with Gasteiger partial charge in [0.15, 0.2) is 11.6 Å². The number of carbonyl (C=O) groups is 1. The molecule has 12 nitrogen and oxygen atoms in total. The van der Waals surface area contributed by atoms with Crippen molar-refractivity contribution in [2.45, 2.75) is 37.5 Å². The molecule has 3 aromatic carbocycles. The van der Waals surface area contributed by atoms with Gasteiger partial charge in [0.1, 0.15) is 11.5 Å². The molecular weight excluding hydrogens is 564 g/mol. The Bertz CT molecular complexity index is 1460. The Kier molecular flexibility index (Phi) is 12.0. The number of carbonyl (C=O) groups excluding carboxylic acids is 1. The molecule has 0 radical (unpaired) electrons. The summed E-state index contributed by atoms with van der Waals surface area (Å²) in [6.45, 7) is 1.59. The summed E-state index contributed by atoms with van der Waals surface area (Å²) >= 11 is 0. The number of methoxy groups -OCH3 is 2. The van der Waals surface area contributed by atoms with Crippen LogP contribution in [0.1, 0.15) is 41.2 Å². The minimum atomic E-state index is -1.46. The number of hydrazine groups is 1. The summed E-state index contributed by atoms with van der Waals surface area (Å²) in [7, 11) is 3.20. The number of aliphatic imine (C=N–C) groups is 1. The van der Waals surface area contributed by atoms with E-state index in [1.807, 2.05) is 60.7 Å². The molecule has 0 bridgehead atoms. The maximum absolute atomic E-state index is 14.3. The number of amides is 1. The van der Waals surface area contributed by atoms with Gasteiger partial charge in [-0.3, -0.25) is 10.2 Å². The third-order valence-corrected chi connectivity index (χ3v) is 7.16. The van der Waals surface area contributed by atoms with Crippen LogP contribution in [-0.2, 0) is 27.2 Å². The van der Waals surface area contributed by atoms with E-state index < -0.39 is 11.6 Å². The minimum Gasteiger partial charge on any atom is -0.497 e. The van der Waals surface area contributed by atoms with Gasteiger partial charge in [0.05, 0.1) is 20.3 Å². The molecule has 0 aromatic heterocycles. The molecule has 3 aromatic rings. The Morgan fingerprint density at radius 3 is 2.57 bits per heavy atom. The van der Waals surface area contributed by atoms with Crippen molar-refractivity contribution in [3.63, 3.8) is 0 Å². The zero-order chi connectivity index (χ0) is 31.2. The average molecular weight is 603 g/mol. The molecular formula is C32H38N6O6. The summed E-state index contributed by atoms with van der Waals surface area (Å²) in [5.41, 5.74) is 16.3. The van der Waals surface area contributed by atoms with Gasteiger partial charge in [0.25, 0.3) is 5.91 Å². The molecule has 1 heterocycles. The van der Waals surface area contributed by atoms with E-state index in [2.05, 4.69) is 20.9 Å². The van der Waals surface area contributed by atoms with Crippen LogP contribution in [-0.4, -0.2) is 63.0 Å². The molecule has 1 aliphatic rings. The van der Waals surface area contributed by atoms with Crippen LogP contribution >= 0.6 is 0 Å². The van der Waals surface area contributed by atoms with E-state index in [1.54, 1.807) is 26.4 Å². The van der Waals surface area contributed by atoms with Gasteiger partial charge in [-0.05, 0) is 65.0 Å². The molecule has 3 N–H and O–H groups in total. The van der Waals surface area contributed by atoms with Crippen molar-refractivity contribution < 1.29 is 28.8 Å². The lowest BCUT2D eigenvalue weighted by Crippen LogP contribution is -2.54. The number of aliphatic hydroxyl groups is 1. The third-order valence-electron chi connectivity index (χ3n) is 7.16. The topological polar surface area (TPSA) is 159 Å². The van der Waals surface area contributed by atoms with Crippen molar-refractivity contribution >= 4 is 11.8 Å². The van der Waals surface area contributed by atoms with Crippen LogP contribution in [0.3, 0.4) is 0 Å². The summed E-state index contributed by atoms with van der Waals surface area (Å²) in [5, 5.41) is 12.8. The third kappa shape index (κ3) is 8.06. The molecule has 0 saturated heterocycles.